The van der Waals surface area contributed by atoms with E-state index < -0.39 is 12.2 Å². The first-order chi connectivity index (χ1) is 11.2. The lowest BCUT2D eigenvalue weighted by atomic mass is 9.81. The Balaban J connectivity index is 1.86. The van der Waals surface area contributed by atoms with Crippen LogP contribution in [0.25, 0.3) is 32.3 Å². The largest absolute Gasteiger partial charge is 0.387 e. The van der Waals surface area contributed by atoms with Crippen LogP contribution in [0.2, 0.25) is 0 Å². The standard InChI is InChI=1S/C20H14O3/c21-17-13-8-11-5-4-9-2-1-3-10-6-7-12(15(11)14(9)10)16(13)19-20(23-19)18(17)22/h1-8,17-22H/t17-,18+,19+,20-/m0/s1. The van der Waals surface area contributed by atoms with Gasteiger partial charge in [-0.05, 0) is 49.5 Å². The lowest BCUT2D eigenvalue weighted by molar-refractivity contribution is 0.000163. The van der Waals surface area contributed by atoms with Crippen LogP contribution in [0.4, 0.5) is 0 Å². The van der Waals surface area contributed by atoms with Crippen molar-refractivity contribution in [1.29, 1.82) is 0 Å². The average molecular weight is 302 g/mol. The minimum Gasteiger partial charge on any atom is -0.387 e. The molecule has 1 heterocycles. The SMILES string of the molecule is O[C@H]1[C@@H]2O[C@@H]2c2c(cc3ccc4cccc5ccc2c3c45)[C@@H]1O. The summed E-state index contributed by atoms with van der Waals surface area (Å²) in [6, 6.07) is 16.9. The molecule has 1 fully saturated rings. The van der Waals surface area contributed by atoms with Crippen molar-refractivity contribution in [3.63, 3.8) is 0 Å². The molecule has 0 spiro atoms. The zero-order chi connectivity index (χ0) is 15.3. The van der Waals surface area contributed by atoms with Crippen LogP contribution in [0.5, 0.6) is 0 Å². The summed E-state index contributed by atoms with van der Waals surface area (Å²) in [5.74, 6) is 0. The number of epoxide rings is 1. The molecule has 0 aromatic heterocycles. The molecule has 0 saturated carbocycles. The molecule has 0 bridgehead atoms. The fourth-order valence-corrected chi connectivity index (χ4v) is 4.40. The predicted molar refractivity (Wildman–Crippen MR) is 88.7 cm³/mol. The van der Waals surface area contributed by atoms with E-state index in [1.807, 2.05) is 6.07 Å². The maximum Gasteiger partial charge on any atom is 0.118 e. The second kappa shape index (κ2) is 3.82. The Hall–Kier alpha value is -2.20. The summed E-state index contributed by atoms with van der Waals surface area (Å²) in [6.07, 6.45) is -2.07. The zero-order valence-corrected chi connectivity index (χ0v) is 12.2. The quantitative estimate of drug-likeness (QED) is 0.386. The average Bonchev–Trinajstić information content (AvgIpc) is 3.37. The van der Waals surface area contributed by atoms with Crippen molar-refractivity contribution < 1.29 is 14.9 Å². The van der Waals surface area contributed by atoms with Gasteiger partial charge in [-0.3, -0.25) is 0 Å². The normalized spacial score (nSPS) is 29.1. The maximum atomic E-state index is 10.5. The summed E-state index contributed by atoms with van der Waals surface area (Å²) in [7, 11) is 0. The molecule has 2 aliphatic rings. The van der Waals surface area contributed by atoms with Gasteiger partial charge in [0, 0.05) is 0 Å². The Morgan fingerprint density at radius 1 is 0.826 bits per heavy atom. The topological polar surface area (TPSA) is 53.0 Å². The molecule has 3 heteroatoms. The highest BCUT2D eigenvalue weighted by atomic mass is 16.6. The molecule has 4 aromatic carbocycles. The molecular formula is C20H14O3. The van der Waals surface area contributed by atoms with Gasteiger partial charge in [-0.1, -0.05) is 42.5 Å². The molecule has 1 saturated heterocycles. The second-order valence-electron chi connectivity index (χ2n) is 6.69. The number of rotatable bonds is 0. The van der Waals surface area contributed by atoms with Gasteiger partial charge in [0.05, 0.1) is 0 Å². The van der Waals surface area contributed by atoms with Gasteiger partial charge < -0.3 is 14.9 Å². The van der Waals surface area contributed by atoms with Crippen molar-refractivity contribution in [2.45, 2.75) is 24.4 Å². The molecule has 4 aromatic rings. The van der Waals surface area contributed by atoms with Crippen LogP contribution < -0.4 is 0 Å². The van der Waals surface area contributed by atoms with Crippen LogP contribution in [0.1, 0.15) is 23.3 Å². The van der Waals surface area contributed by atoms with E-state index in [2.05, 4.69) is 42.5 Å². The first-order valence-corrected chi connectivity index (χ1v) is 7.96. The molecule has 6 rings (SSSR count). The third-order valence-corrected chi connectivity index (χ3v) is 5.51. The molecule has 4 atom stereocenters. The van der Waals surface area contributed by atoms with Gasteiger partial charge in [-0.25, -0.2) is 0 Å². The van der Waals surface area contributed by atoms with E-state index in [0.717, 1.165) is 21.9 Å². The third-order valence-electron chi connectivity index (χ3n) is 5.51. The number of ether oxygens (including phenoxy) is 1. The van der Waals surface area contributed by atoms with Gasteiger partial charge in [0.15, 0.2) is 0 Å². The summed E-state index contributed by atoms with van der Waals surface area (Å²) in [6.45, 7) is 0. The van der Waals surface area contributed by atoms with Crippen molar-refractivity contribution in [1.82, 2.24) is 0 Å². The number of benzene rings is 4. The van der Waals surface area contributed by atoms with Crippen molar-refractivity contribution >= 4 is 32.3 Å². The summed E-state index contributed by atoms with van der Waals surface area (Å²) >= 11 is 0. The molecule has 112 valence electrons. The number of hydrogen-bond donors (Lipinski definition) is 2. The fraction of sp³-hybridized carbons (Fsp3) is 0.200. The van der Waals surface area contributed by atoms with Gasteiger partial charge in [0.2, 0.25) is 0 Å². The van der Waals surface area contributed by atoms with Crippen molar-refractivity contribution in [3.05, 3.63) is 59.7 Å². The van der Waals surface area contributed by atoms with E-state index in [9.17, 15) is 10.2 Å². The van der Waals surface area contributed by atoms with Crippen LogP contribution in [-0.2, 0) is 4.74 Å². The Labute approximate surface area is 132 Å². The van der Waals surface area contributed by atoms with Gasteiger partial charge in [0.1, 0.15) is 24.4 Å². The van der Waals surface area contributed by atoms with Crippen molar-refractivity contribution in [2.75, 3.05) is 0 Å². The Kier molecular flexibility index (Phi) is 2.03. The molecular weight excluding hydrogens is 288 g/mol. The van der Waals surface area contributed by atoms with E-state index in [0.29, 0.717) is 0 Å². The first kappa shape index (κ1) is 12.3. The predicted octanol–water partition coefficient (Wildman–Crippen LogP) is 3.43. The summed E-state index contributed by atoms with van der Waals surface area (Å²) in [5, 5.41) is 27.8. The number of aliphatic hydroxyl groups excluding tert-OH is 2. The monoisotopic (exact) mass is 302 g/mol. The highest BCUT2D eigenvalue weighted by Crippen LogP contribution is 2.54. The fourth-order valence-electron chi connectivity index (χ4n) is 4.40. The molecule has 0 amide bonds. The van der Waals surface area contributed by atoms with E-state index in [-0.39, 0.29) is 12.2 Å². The minimum absolute atomic E-state index is 0.0898. The summed E-state index contributed by atoms with van der Waals surface area (Å²) in [4.78, 5) is 0. The summed E-state index contributed by atoms with van der Waals surface area (Å²) in [5.41, 5.74) is 1.86. The van der Waals surface area contributed by atoms with Crippen LogP contribution in [0.15, 0.2) is 48.5 Å². The van der Waals surface area contributed by atoms with Crippen LogP contribution in [0.3, 0.4) is 0 Å². The molecule has 2 N–H and O–H groups in total. The second-order valence-corrected chi connectivity index (χ2v) is 6.69. The van der Waals surface area contributed by atoms with E-state index in [1.165, 1.54) is 21.5 Å². The zero-order valence-electron chi connectivity index (χ0n) is 12.2. The highest BCUT2D eigenvalue weighted by Gasteiger charge is 2.54. The number of fused-ring (bicyclic) bond motifs is 4. The van der Waals surface area contributed by atoms with E-state index in [1.54, 1.807) is 0 Å². The molecule has 23 heavy (non-hydrogen) atoms. The molecule has 1 aliphatic heterocycles. The smallest absolute Gasteiger partial charge is 0.118 e. The lowest BCUT2D eigenvalue weighted by Gasteiger charge is -2.25. The van der Waals surface area contributed by atoms with Crippen LogP contribution in [-0.4, -0.2) is 22.4 Å². The van der Waals surface area contributed by atoms with Crippen LogP contribution in [0, 0.1) is 0 Å². The molecule has 1 aliphatic carbocycles. The Bertz CT molecular complexity index is 1080. The third kappa shape index (κ3) is 1.36. The molecule has 0 radical (unpaired) electrons. The Morgan fingerprint density at radius 2 is 1.57 bits per heavy atom. The summed E-state index contributed by atoms with van der Waals surface area (Å²) < 4.78 is 5.67. The number of aliphatic hydroxyl groups is 2. The first-order valence-electron chi connectivity index (χ1n) is 7.96. The number of hydrogen-bond acceptors (Lipinski definition) is 3. The van der Waals surface area contributed by atoms with Crippen LogP contribution >= 0.6 is 0 Å². The van der Waals surface area contributed by atoms with Crippen molar-refractivity contribution in [3.8, 4) is 0 Å². The molecule has 0 unspecified atom stereocenters. The van der Waals surface area contributed by atoms with Gasteiger partial charge >= 0.3 is 0 Å². The maximum absolute atomic E-state index is 10.5. The van der Waals surface area contributed by atoms with Gasteiger partial charge in [0.25, 0.3) is 0 Å². The minimum atomic E-state index is -0.879. The molecule has 3 nitrogen and oxygen atoms in total. The Morgan fingerprint density at radius 3 is 2.39 bits per heavy atom. The van der Waals surface area contributed by atoms with Crippen molar-refractivity contribution in [2.24, 2.45) is 0 Å². The highest BCUT2D eigenvalue weighted by molar-refractivity contribution is 6.23. The van der Waals surface area contributed by atoms with E-state index >= 15 is 0 Å². The lowest BCUT2D eigenvalue weighted by Crippen LogP contribution is -2.29. The van der Waals surface area contributed by atoms with Gasteiger partial charge in [-0.15, -0.1) is 0 Å². The van der Waals surface area contributed by atoms with Gasteiger partial charge in [-0.2, -0.15) is 0 Å². The van der Waals surface area contributed by atoms with E-state index in [4.69, 9.17) is 4.74 Å².